The average molecular weight is 364 g/mol. The van der Waals surface area contributed by atoms with Crippen molar-refractivity contribution in [3.05, 3.63) is 51.7 Å². The van der Waals surface area contributed by atoms with Gasteiger partial charge in [0.15, 0.2) is 0 Å². The quantitative estimate of drug-likeness (QED) is 0.736. The van der Waals surface area contributed by atoms with Crippen LogP contribution in [0.15, 0.2) is 35.0 Å². The minimum absolute atomic E-state index is 0.0274. The van der Waals surface area contributed by atoms with Crippen LogP contribution in [0.5, 0.6) is 0 Å². The Morgan fingerprint density at radius 1 is 1.17 bits per heavy atom. The fourth-order valence-corrected chi connectivity index (χ4v) is 3.90. The molecule has 2 aromatic heterocycles. The topological polar surface area (TPSA) is 49.4 Å². The van der Waals surface area contributed by atoms with Crippen LogP contribution in [0.4, 0.5) is 0 Å². The largest absolute Gasteiger partial charge is 0.345 e. The zero-order valence-electron chi connectivity index (χ0n) is 13.9. The van der Waals surface area contributed by atoms with Crippen LogP contribution < -0.4 is 5.32 Å². The minimum Gasteiger partial charge on any atom is -0.345 e. The Kier molecular flexibility index (Phi) is 7.46. The van der Waals surface area contributed by atoms with E-state index >= 15 is 0 Å². The molecule has 24 heavy (non-hydrogen) atoms. The molecule has 6 heteroatoms. The lowest BCUT2D eigenvalue weighted by Crippen LogP contribution is -2.47. The summed E-state index contributed by atoms with van der Waals surface area (Å²) in [5.74, 6) is -0.204. The van der Waals surface area contributed by atoms with Gasteiger partial charge in [0.05, 0.1) is 13.1 Å². The van der Waals surface area contributed by atoms with E-state index in [9.17, 15) is 9.59 Å². The zero-order valence-corrected chi connectivity index (χ0v) is 15.5. The molecule has 0 aromatic carbocycles. The number of carbonyl (C=O) groups is 2. The summed E-state index contributed by atoms with van der Waals surface area (Å²) in [5, 5.41) is 6.83. The summed E-state index contributed by atoms with van der Waals surface area (Å²) in [6.45, 7) is 6.41. The van der Waals surface area contributed by atoms with Crippen LogP contribution >= 0.6 is 22.7 Å². The number of hydrogen-bond acceptors (Lipinski definition) is 4. The molecule has 0 aliphatic carbocycles. The number of nitrogens with one attached hydrogen (secondary N) is 1. The van der Waals surface area contributed by atoms with E-state index in [1.54, 1.807) is 22.7 Å². The number of unbranched alkanes of at least 4 members (excludes halogenated alkanes) is 1. The molecule has 0 spiro atoms. The number of hydrogen-bond donors (Lipinski definition) is 1. The summed E-state index contributed by atoms with van der Waals surface area (Å²) in [6, 6.07) is 7.55. The standard InChI is InChI=1S/C18H23N2O2S2/c1-3-4-9-17(19-14(2)21)18(22)20(12-15-7-5-10-23-15)13-16-8-6-11-24-16/h5-8,10-11,17H,1,3-4,9,12-13H2,2H3,(H,19,21)/t17-/m0/s1. The van der Waals surface area contributed by atoms with Crippen molar-refractivity contribution in [1.29, 1.82) is 0 Å². The van der Waals surface area contributed by atoms with Crippen LogP contribution in [0.1, 0.15) is 35.9 Å². The van der Waals surface area contributed by atoms with Crippen LogP contribution in [-0.2, 0) is 22.7 Å². The third-order valence-electron chi connectivity index (χ3n) is 3.58. The second kappa shape index (κ2) is 9.59. The molecule has 1 radical (unpaired) electrons. The highest BCUT2D eigenvalue weighted by Crippen LogP contribution is 2.19. The molecule has 2 rings (SSSR count). The first kappa shape index (κ1) is 18.7. The van der Waals surface area contributed by atoms with Gasteiger partial charge in [0.1, 0.15) is 6.04 Å². The number of rotatable bonds is 9. The van der Waals surface area contributed by atoms with E-state index in [0.717, 1.165) is 22.6 Å². The minimum atomic E-state index is -0.482. The van der Waals surface area contributed by atoms with Crippen LogP contribution in [0, 0.1) is 6.92 Å². The summed E-state index contributed by atoms with van der Waals surface area (Å²) >= 11 is 3.27. The van der Waals surface area contributed by atoms with Crippen molar-refractivity contribution in [1.82, 2.24) is 10.2 Å². The van der Waals surface area contributed by atoms with Gasteiger partial charge in [0.2, 0.25) is 11.8 Å². The summed E-state index contributed by atoms with van der Waals surface area (Å²) < 4.78 is 0. The number of thiophene rings is 2. The molecular weight excluding hydrogens is 340 g/mol. The fraction of sp³-hybridized carbons (Fsp3) is 0.389. The van der Waals surface area contributed by atoms with Gasteiger partial charge < -0.3 is 10.2 Å². The van der Waals surface area contributed by atoms with Gasteiger partial charge in [-0.3, -0.25) is 9.59 Å². The van der Waals surface area contributed by atoms with Gasteiger partial charge in [-0.25, -0.2) is 0 Å². The zero-order chi connectivity index (χ0) is 17.4. The van der Waals surface area contributed by atoms with Crippen molar-refractivity contribution in [3.63, 3.8) is 0 Å². The number of carbonyl (C=O) groups excluding carboxylic acids is 2. The predicted molar refractivity (Wildman–Crippen MR) is 99.7 cm³/mol. The van der Waals surface area contributed by atoms with Crippen molar-refractivity contribution >= 4 is 34.5 Å². The van der Waals surface area contributed by atoms with Crippen molar-refractivity contribution in [2.75, 3.05) is 0 Å². The van der Waals surface area contributed by atoms with E-state index in [2.05, 4.69) is 12.2 Å². The maximum atomic E-state index is 13.0. The highest BCUT2D eigenvalue weighted by Gasteiger charge is 2.25. The maximum absolute atomic E-state index is 13.0. The first-order valence-corrected chi connectivity index (χ1v) is 9.76. The lowest BCUT2D eigenvalue weighted by Gasteiger charge is -2.27. The van der Waals surface area contributed by atoms with Crippen LogP contribution in [0.25, 0.3) is 0 Å². The Bertz CT molecular complexity index is 587. The molecule has 0 saturated heterocycles. The molecule has 0 fully saturated rings. The molecule has 0 bridgehead atoms. The third-order valence-corrected chi connectivity index (χ3v) is 5.31. The molecule has 0 aliphatic heterocycles. The van der Waals surface area contributed by atoms with Crippen molar-refractivity contribution in [2.45, 2.75) is 45.3 Å². The van der Waals surface area contributed by atoms with Gasteiger partial charge in [-0.2, -0.15) is 0 Å². The first-order chi connectivity index (χ1) is 11.6. The van der Waals surface area contributed by atoms with Crippen molar-refractivity contribution in [3.8, 4) is 0 Å². The van der Waals surface area contributed by atoms with Crippen LogP contribution in [0.2, 0.25) is 0 Å². The predicted octanol–water partition coefficient (Wildman–Crippen LogP) is 3.85. The summed E-state index contributed by atoms with van der Waals surface area (Å²) in [7, 11) is 0. The number of nitrogens with zero attached hydrogens (tertiary/aromatic N) is 1. The second-order valence-corrected chi connectivity index (χ2v) is 7.67. The lowest BCUT2D eigenvalue weighted by molar-refractivity contribution is -0.137. The summed E-state index contributed by atoms with van der Waals surface area (Å²) in [4.78, 5) is 28.6. The SMILES string of the molecule is [CH2]CCC[C@H](NC(C)=O)C(=O)N(Cc1cccs1)Cc1cccs1. The van der Waals surface area contributed by atoms with Crippen LogP contribution in [0.3, 0.4) is 0 Å². The van der Waals surface area contributed by atoms with Crippen LogP contribution in [-0.4, -0.2) is 22.8 Å². The smallest absolute Gasteiger partial charge is 0.245 e. The van der Waals surface area contributed by atoms with Gasteiger partial charge in [-0.05, 0) is 29.3 Å². The molecule has 129 valence electrons. The molecule has 1 N–H and O–H groups in total. The highest BCUT2D eigenvalue weighted by molar-refractivity contribution is 7.10. The third kappa shape index (κ3) is 5.76. The first-order valence-electron chi connectivity index (χ1n) is 8.00. The van der Waals surface area contributed by atoms with E-state index < -0.39 is 6.04 Å². The average Bonchev–Trinajstić information content (AvgIpc) is 3.23. The fourth-order valence-electron chi connectivity index (χ4n) is 2.46. The van der Waals surface area contributed by atoms with Crippen molar-refractivity contribution < 1.29 is 9.59 Å². The van der Waals surface area contributed by atoms with E-state index in [1.807, 2.05) is 39.9 Å². The molecule has 2 heterocycles. The lowest BCUT2D eigenvalue weighted by atomic mass is 10.1. The van der Waals surface area contributed by atoms with E-state index in [-0.39, 0.29) is 11.8 Å². The Balaban J connectivity index is 2.14. The molecule has 2 aromatic rings. The highest BCUT2D eigenvalue weighted by atomic mass is 32.1. The van der Waals surface area contributed by atoms with Gasteiger partial charge in [-0.15, -0.1) is 22.7 Å². The Morgan fingerprint density at radius 2 is 1.75 bits per heavy atom. The molecule has 0 saturated carbocycles. The van der Waals surface area contributed by atoms with Crippen molar-refractivity contribution in [2.24, 2.45) is 0 Å². The Labute approximate surface area is 151 Å². The van der Waals surface area contributed by atoms with E-state index in [4.69, 9.17) is 0 Å². The molecule has 2 amide bonds. The Morgan fingerprint density at radius 3 is 2.17 bits per heavy atom. The molecule has 0 unspecified atom stereocenters. The summed E-state index contributed by atoms with van der Waals surface area (Å²) in [5.41, 5.74) is 0. The molecular formula is C18H23N2O2S2. The van der Waals surface area contributed by atoms with Gasteiger partial charge in [0.25, 0.3) is 0 Å². The summed E-state index contributed by atoms with van der Waals surface area (Å²) in [6.07, 6.45) is 2.18. The molecule has 4 nitrogen and oxygen atoms in total. The number of amides is 2. The van der Waals surface area contributed by atoms with Gasteiger partial charge >= 0.3 is 0 Å². The normalized spacial score (nSPS) is 11.9. The van der Waals surface area contributed by atoms with Gasteiger partial charge in [-0.1, -0.05) is 31.9 Å². The molecule has 1 atom stereocenters. The van der Waals surface area contributed by atoms with Gasteiger partial charge in [0, 0.05) is 16.7 Å². The second-order valence-electron chi connectivity index (χ2n) is 5.60. The molecule has 0 aliphatic rings. The maximum Gasteiger partial charge on any atom is 0.245 e. The monoisotopic (exact) mass is 363 g/mol. The van der Waals surface area contributed by atoms with E-state index in [1.165, 1.54) is 6.92 Å². The Hall–Kier alpha value is -1.66. The van der Waals surface area contributed by atoms with E-state index in [0.29, 0.717) is 19.5 Å².